The van der Waals surface area contributed by atoms with Crippen LogP contribution in [0, 0.1) is 0 Å². The highest BCUT2D eigenvalue weighted by atomic mass is 79.9. The summed E-state index contributed by atoms with van der Waals surface area (Å²) in [4.78, 5) is 1.99. The van der Waals surface area contributed by atoms with Crippen molar-refractivity contribution in [3.05, 3.63) is 56.5 Å². The molecule has 0 bridgehead atoms. The van der Waals surface area contributed by atoms with Gasteiger partial charge in [0.1, 0.15) is 0 Å². The third kappa shape index (κ3) is 3.43. The lowest BCUT2D eigenvalue weighted by atomic mass is 10.2. The van der Waals surface area contributed by atoms with E-state index in [9.17, 15) is 5.11 Å². The van der Waals surface area contributed by atoms with E-state index in [0.717, 1.165) is 19.8 Å². The van der Waals surface area contributed by atoms with Crippen molar-refractivity contribution >= 4 is 50.9 Å². The second-order valence-corrected chi connectivity index (χ2v) is 6.43. The number of halogens is 3. The van der Waals surface area contributed by atoms with Crippen LogP contribution in [0.2, 0.25) is 10.0 Å². The predicted molar refractivity (Wildman–Crippen MR) is 80.6 cm³/mol. The van der Waals surface area contributed by atoms with Crippen LogP contribution in [0.5, 0.6) is 0 Å². The van der Waals surface area contributed by atoms with Crippen molar-refractivity contribution in [1.29, 1.82) is 0 Å². The Morgan fingerprint density at radius 3 is 2.50 bits per heavy atom. The molecule has 0 unspecified atom stereocenters. The maximum atomic E-state index is 9.34. The van der Waals surface area contributed by atoms with Crippen LogP contribution in [-0.4, -0.2) is 5.11 Å². The molecule has 0 spiro atoms. The van der Waals surface area contributed by atoms with Gasteiger partial charge in [0.25, 0.3) is 0 Å². The maximum Gasteiger partial charge on any atom is 0.0693 e. The number of rotatable bonds is 3. The van der Waals surface area contributed by atoms with E-state index >= 15 is 0 Å². The molecule has 0 aliphatic carbocycles. The summed E-state index contributed by atoms with van der Waals surface area (Å²) in [5.41, 5.74) is 0.875. The van der Waals surface area contributed by atoms with Crippen LogP contribution in [-0.2, 0) is 6.61 Å². The highest BCUT2D eigenvalue weighted by Gasteiger charge is 2.06. The molecule has 0 aliphatic heterocycles. The normalized spacial score (nSPS) is 10.7. The van der Waals surface area contributed by atoms with Crippen molar-refractivity contribution in [1.82, 2.24) is 0 Å². The Hall–Kier alpha value is -0.190. The SMILES string of the molecule is OCc1cc(Br)ccc1Sc1ccc(Cl)c(Cl)c1. The average Bonchev–Trinajstić information content (AvgIpc) is 2.36. The van der Waals surface area contributed by atoms with Crippen molar-refractivity contribution in [3.8, 4) is 0 Å². The minimum absolute atomic E-state index is 0.00307. The van der Waals surface area contributed by atoms with Gasteiger partial charge in [0.05, 0.1) is 16.7 Å². The Morgan fingerprint density at radius 1 is 1.06 bits per heavy atom. The van der Waals surface area contributed by atoms with E-state index in [0.29, 0.717) is 10.0 Å². The molecule has 0 aliphatic rings. The van der Waals surface area contributed by atoms with Gasteiger partial charge in [-0.3, -0.25) is 0 Å². The van der Waals surface area contributed by atoms with E-state index in [2.05, 4.69) is 15.9 Å². The van der Waals surface area contributed by atoms with Crippen molar-refractivity contribution in [3.63, 3.8) is 0 Å². The lowest BCUT2D eigenvalue weighted by molar-refractivity contribution is 0.279. The molecule has 1 nitrogen and oxygen atoms in total. The van der Waals surface area contributed by atoms with E-state index in [-0.39, 0.29) is 6.61 Å². The lowest BCUT2D eigenvalue weighted by Crippen LogP contribution is -1.87. The van der Waals surface area contributed by atoms with Crippen LogP contribution in [0.25, 0.3) is 0 Å². The molecule has 18 heavy (non-hydrogen) atoms. The van der Waals surface area contributed by atoms with Gasteiger partial charge >= 0.3 is 0 Å². The van der Waals surface area contributed by atoms with Gasteiger partial charge < -0.3 is 5.11 Å². The minimum Gasteiger partial charge on any atom is -0.392 e. The van der Waals surface area contributed by atoms with Crippen molar-refractivity contribution < 1.29 is 5.11 Å². The molecule has 0 saturated carbocycles. The zero-order chi connectivity index (χ0) is 13.1. The number of hydrogen-bond donors (Lipinski definition) is 1. The molecular formula is C13H9BrCl2OS. The fraction of sp³-hybridized carbons (Fsp3) is 0.0769. The Morgan fingerprint density at radius 2 is 1.83 bits per heavy atom. The summed E-state index contributed by atoms with van der Waals surface area (Å²) in [7, 11) is 0. The molecule has 0 atom stereocenters. The van der Waals surface area contributed by atoms with E-state index < -0.39 is 0 Å². The molecule has 94 valence electrons. The van der Waals surface area contributed by atoms with Gasteiger partial charge in [-0.1, -0.05) is 50.9 Å². The third-order valence-electron chi connectivity index (χ3n) is 2.31. The highest BCUT2D eigenvalue weighted by Crippen LogP contribution is 2.35. The van der Waals surface area contributed by atoms with E-state index in [1.807, 2.05) is 30.3 Å². The second kappa shape index (κ2) is 6.31. The summed E-state index contributed by atoms with van der Waals surface area (Å²) in [6.45, 7) is 0.00307. The first-order valence-electron chi connectivity index (χ1n) is 5.12. The zero-order valence-corrected chi connectivity index (χ0v) is 13.1. The molecule has 0 radical (unpaired) electrons. The summed E-state index contributed by atoms with van der Waals surface area (Å²) in [6.07, 6.45) is 0. The number of aliphatic hydroxyl groups is 1. The monoisotopic (exact) mass is 362 g/mol. The zero-order valence-electron chi connectivity index (χ0n) is 9.16. The van der Waals surface area contributed by atoms with Crippen molar-refractivity contribution in [2.24, 2.45) is 0 Å². The van der Waals surface area contributed by atoms with Crippen molar-refractivity contribution in [2.75, 3.05) is 0 Å². The molecular weight excluding hydrogens is 355 g/mol. The standard InChI is InChI=1S/C13H9BrCl2OS/c14-9-1-4-13(8(5-9)7-17)18-10-2-3-11(15)12(16)6-10/h1-6,17H,7H2. The lowest BCUT2D eigenvalue weighted by Gasteiger charge is -2.08. The second-order valence-electron chi connectivity index (χ2n) is 3.59. The molecule has 2 rings (SSSR count). The van der Waals surface area contributed by atoms with E-state index in [1.54, 1.807) is 17.8 Å². The predicted octanol–water partition coefficient (Wildman–Crippen LogP) is 5.40. The van der Waals surface area contributed by atoms with Crippen LogP contribution >= 0.6 is 50.9 Å². The van der Waals surface area contributed by atoms with E-state index in [4.69, 9.17) is 23.2 Å². The first-order chi connectivity index (χ1) is 8.60. The first-order valence-corrected chi connectivity index (χ1v) is 7.49. The van der Waals surface area contributed by atoms with Crippen LogP contribution in [0.15, 0.2) is 50.7 Å². The molecule has 0 aromatic heterocycles. The summed E-state index contributed by atoms with van der Waals surface area (Å²) in [5.74, 6) is 0. The molecule has 1 N–H and O–H groups in total. The molecule has 5 heteroatoms. The molecule has 0 heterocycles. The van der Waals surface area contributed by atoms with Gasteiger partial charge in [0, 0.05) is 14.3 Å². The van der Waals surface area contributed by atoms with Gasteiger partial charge in [-0.25, -0.2) is 0 Å². The molecule has 0 saturated heterocycles. The van der Waals surface area contributed by atoms with Gasteiger partial charge in [-0.15, -0.1) is 0 Å². The third-order valence-corrected chi connectivity index (χ3v) is 4.65. The van der Waals surface area contributed by atoms with E-state index in [1.165, 1.54) is 0 Å². The van der Waals surface area contributed by atoms with Gasteiger partial charge in [0.15, 0.2) is 0 Å². The van der Waals surface area contributed by atoms with Crippen molar-refractivity contribution in [2.45, 2.75) is 16.4 Å². The quantitative estimate of drug-likeness (QED) is 0.787. The molecule has 2 aromatic rings. The summed E-state index contributed by atoms with van der Waals surface area (Å²) < 4.78 is 0.949. The summed E-state index contributed by atoms with van der Waals surface area (Å²) in [6, 6.07) is 11.3. The Labute approximate surface area is 128 Å². The summed E-state index contributed by atoms with van der Waals surface area (Å²) in [5, 5.41) is 10.4. The highest BCUT2D eigenvalue weighted by molar-refractivity contribution is 9.10. The number of hydrogen-bond acceptors (Lipinski definition) is 2. The number of benzene rings is 2. The largest absolute Gasteiger partial charge is 0.392 e. The van der Waals surface area contributed by atoms with Crippen LogP contribution < -0.4 is 0 Å². The molecule has 0 amide bonds. The Bertz CT molecular complexity index is 575. The maximum absolute atomic E-state index is 9.34. The topological polar surface area (TPSA) is 20.2 Å². The number of aliphatic hydroxyl groups excluding tert-OH is 1. The fourth-order valence-corrected chi connectivity index (χ4v) is 3.17. The average molecular weight is 364 g/mol. The van der Waals surface area contributed by atoms with Crippen LogP contribution in [0.1, 0.15) is 5.56 Å². The smallest absolute Gasteiger partial charge is 0.0693 e. The van der Waals surface area contributed by atoms with Crippen LogP contribution in [0.3, 0.4) is 0 Å². The Balaban J connectivity index is 2.30. The summed E-state index contributed by atoms with van der Waals surface area (Å²) >= 11 is 16.8. The van der Waals surface area contributed by atoms with Gasteiger partial charge in [-0.2, -0.15) is 0 Å². The fourth-order valence-electron chi connectivity index (χ4n) is 1.44. The van der Waals surface area contributed by atoms with Gasteiger partial charge in [-0.05, 0) is 42.0 Å². The van der Waals surface area contributed by atoms with Crippen LogP contribution in [0.4, 0.5) is 0 Å². The molecule has 2 aromatic carbocycles. The minimum atomic E-state index is 0.00307. The van der Waals surface area contributed by atoms with Gasteiger partial charge in [0.2, 0.25) is 0 Å². The molecule has 0 fully saturated rings. The Kier molecular flexibility index (Phi) is 4.98. The first kappa shape index (κ1) is 14.2.